The second-order valence-corrected chi connectivity index (χ2v) is 8.07. The zero-order valence-electron chi connectivity index (χ0n) is 19.2. The van der Waals surface area contributed by atoms with Gasteiger partial charge in [-0.1, -0.05) is 24.2 Å². The fraction of sp³-hybridized carbons (Fsp3) is 0.115. The van der Waals surface area contributed by atoms with Crippen LogP contribution in [0.5, 0.6) is 5.75 Å². The molecule has 2 aromatic heterocycles. The number of aromatic nitrogens is 3. The number of hydrogen-bond donors (Lipinski definition) is 3. The fourth-order valence-corrected chi connectivity index (χ4v) is 3.54. The molecule has 3 N–H and O–H groups in total. The summed E-state index contributed by atoms with van der Waals surface area (Å²) in [5, 5.41) is 9.80. The maximum Gasteiger partial charge on any atom is 0.243 e. The Hall–Kier alpha value is -4.50. The van der Waals surface area contributed by atoms with Crippen LogP contribution >= 0.6 is 11.6 Å². The number of pyridine rings is 1. The van der Waals surface area contributed by atoms with Crippen LogP contribution in [0.4, 0.5) is 17.2 Å². The quantitative estimate of drug-likeness (QED) is 0.270. The smallest absolute Gasteiger partial charge is 0.243 e. The summed E-state index contributed by atoms with van der Waals surface area (Å²) in [4.78, 5) is 36.2. The summed E-state index contributed by atoms with van der Waals surface area (Å²) in [6.45, 7) is 3.94. The molecule has 2 amide bonds. The third kappa shape index (κ3) is 6.55. The first kappa shape index (κ1) is 24.6. The molecule has 2 heterocycles. The minimum Gasteiger partial charge on any atom is -0.487 e. The first-order valence-electron chi connectivity index (χ1n) is 11.0. The standard InChI is InChI=1S/C26H23ClN6O3/c1-2-24(34)29-11-9-25(35)32-18-5-7-22-20(12-18)26(31-16-30-22)33-19-6-8-23(21(27)13-19)36-15-17-4-3-10-28-14-17/h2-8,10,12-14,16H,1,9,11,15H2,(H,29,34)(H,32,35)(H,30,31,33). The molecule has 4 rings (SSSR count). The maximum atomic E-state index is 12.2. The van der Waals surface area contributed by atoms with Crippen molar-refractivity contribution < 1.29 is 14.3 Å². The lowest BCUT2D eigenvalue weighted by molar-refractivity contribution is -0.117. The lowest BCUT2D eigenvalue weighted by Gasteiger charge is -2.12. The summed E-state index contributed by atoms with van der Waals surface area (Å²) in [7, 11) is 0. The zero-order valence-corrected chi connectivity index (χ0v) is 20.0. The normalized spacial score (nSPS) is 10.5. The van der Waals surface area contributed by atoms with Crippen LogP contribution in [0.15, 0.2) is 79.9 Å². The summed E-state index contributed by atoms with van der Waals surface area (Å²) < 4.78 is 5.80. The highest BCUT2D eigenvalue weighted by Crippen LogP contribution is 2.31. The van der Waals surface area contributed by atoms with Gasteiger partial charge in [0.1, 0.15) is 24.5 Å². The number of carbonyl (C=O) groups excluding carboxylic acids is 2. The molecular formula is C26H23ClN6O3. The highest BCUT2D eigenvalue weighted by Gasteiger charge is 2.10. The van der Waals surface area contributed by atoms with Crippen molar-refractivity contribution in [1.82, 2.24) is 20.3 Å². The van der Waals surface area contributed by atoms with E-state index in [9.17, 15) is 9.59 Å². The molecule has 2 aromatic carbocycles. The molecule has 0 saturated carbocycles. The van der Waals surface area contributed by atoms with Crippen molar-refractivity contribution in [1.29, 1.82) is 0 Å². The largest absolute Gasteiger partial charge is 0.487 e. The van der Waals surface area contributed by atoms with Gasteiger partial charge in [-0.05, 0) is 48.5 Å². The second kappa shape index (κ2) is 11.8. The van der Waals surface area contributed by atoms with Gasteiger partial charge in [-0.15, -0.1) is 0 Å². The molecule has 0 aliphatic carbocycles. The summed E-state index contributed by atoms with van der Waals surface area (Å²) in [5.74, 6) is 0.538. The molecule has 0 atom stereocenters. The number of halogens is 1. The van der Waals surface area contributed by atoms with Gasteiger partial charge < -0.3 is 20.7 Å². The molecular weight excluding hydrogens is 480 g/mol. The molecule has 4 aromatic rings. The second-order valence-electron chi connectivity index (χ2n) is 7.67. The summed E-state index contributed by atoms with van der Waals surface area (Å²) in [5.41, 5.74) is 2.93. The Balaban J connectivity index is 1.44. The van der Waals surface area contributed by atoms with Crippen LogP contribution in [0.1, 0.15) is 12.0 Å². The van der Waals surface area contributed by atoms with Crippen molar-refractivity contribution >= 4 is 51.5 Å². The van der Waals surface area contributed by atoms with Crippen LogP contribution < -0.4 is 20.7 Å². The van der Waals surface area contributed by atoms with Crippen molar-refractivity contribution in [2.24, 2.45) is 0 Å². The number of anilines is 3. The van der Waals surface area contributed by atoms with Gasteiger partial charge in [0.15, 0.2) is 0 Å². The van der Waals surface area contributed by atoms with Crippen LogP contribution in [0.2, 0.25) is 5.02 Å². The molecule has 0 fully saturated rings. The third-order valence-electron chi connectivity index (χ3n) is 5.07. The van der Waals surface area contributed by atoms with E-state index in [1.54, 1.807) is 42.7 Å². The molecule has 10 heteroatoms. The summed E-state index contributed by atoms with van der Waals surface area (Å²) >= 11 is 6.44. The Kier molecular flexibility index (Phi) is 8.05. The topological polar surface area (TPSA) is 118 Å². The van der Waals surface area contributed by atoms with Gasteiger partial charge >= 0.3 is 0 Å². The third-order valence-corrected chi connectivity index (χ3v) is 5.36. The number of nitrogens with one attached hydrogen (secondary N) is 3. The zero-order chi connectivity index (χ0) is 25.3. The van der Waals surface area contributed by atoms with E-state index >= 15 is 0 Å². The molecule has 0 spiro atoms. The molecule has 0 radical (unpaired) electrons. The molecule has 36 heavy (non-hydrogen) atoms. The molecule has 182 valence electrons. The molecule has 0 unspecified atom stereocenters. The van der Waals surface area contributed by atoms with E-state index in [2.05, 4.69) is 37.5 Å². The number of nitrogens with zero attached hydrogens (tertiary/aromatic N) is 3. The number of ether oxygens (including phenoxy) is 1. The van der Waals surface area contributed by atoms with Crippen molar-refractivity contribution in [3.63, 3.8) is 0 Å². The fourth-order valence-electron chi connectivity index (χ4n) is 3.31. The Morgan fingerprint density at radius 2 is 1.94 bits per heavy atom. The Labute approximate surface area is 212 Å². The Bertz CT molecular complexity index is 1400. The predicted molar refractivity (Wildman–Crippen MR) is 139 cm³/mol. The minimum absolute atomic E-state index is 0.127. The molecule has 0 saturated heterocycles. The van der Waals surface area contributed by atoms with Crippen molar-refractivity contribution in [3.8, 4) is 5.75 Å². The summed E-state index contributed by atoms with van der Waals surface area (Å²) in [6, 6.07) is 14.5. The van der Waals surface area contributed by atoms with Gasteiger partial charge in [-0.3, -0.25) is 14.6 Å². The number of hydrogen-bond acceptors (Lipinski definition) is 7. The van der Waals surface area contributed by atoms with Gasteiger partial charge in [0.25, 0.3) is 0 Å². The van der Waals surface area contributed by atoms with Gasteiger partial charge in [0.2, 0.25) is 11.8 Å². The first-order chi connectivity index (χ1) is 17.5. The average Bonchev–Trinajstić information content (AvgIpc) is 2.89. The molecule has 0 aliphatic rings. The lowest BCUT2D eigenvalue weighted by atomic mass is 10.2. The van der Waals surface area contributed by atoms with Crippen molar-refractivity contribution in [2.75, 3.05) is 17.2 Å². The number of rotatable bonds is 10. The molecule has 0 aliphatic heterocycles. The van der Waals surface area contributed by atoms with E-state index < -0.39 is 0 Å². The highest BCUT2D eigenvalue weighted by atomic mass is 35.5. The van der Waals surface area contributed by atoms with E-state index in [-0.39, 0.29) is 24.8 Å². The van der Waals surface area contributed by atoms with Gasteiger partial charge in [-0.2, -0.15) is 0 Å². The summed E-state index contributed by atoms with van der Waals surface area (Å²) in [6.07, 6.45) is 6.18. The van der Waals surface area contributed by atoms with E-state index in [0.29, 0.717) is 45.5 Å². The number of carbonyl (C=O) groups is 2. The predicted octanol–water partition coefficient (Wildman–Crippen LogP) is 4.63. The SMILES string of the molecule is C=CC(=O)NCCC(=O)Nc1ccc2ncnc(Nc3ccc(OCc4cccnc4)c(Cl)c3)c2c1. The molecule has 9 nitrogen and oxygen atoms in total. The van der Waals surface area contributed by atoms with E-state index in [4.69, 9.17) is 16.3 Å². The minimum atomic E-state index is -0.324. The van der Waals surface area contributed by atoms with Gasteiger partial charge in [-0.25, -0.2) is 9.97 Å². The Morgan fingerprint density at radius 3 is 2.72 bits per heavy atom. The monoisotopic (exact) mass is 502 g/mol. The van der Waals surface area contributed by atoms with Gasteiger partial charge in [0.05, 0.1) is 10.5 Å². The van der Waals surface area contributed by atoms with Crippen LogP contribution in [-0.2, 0) is 16.2 Å². The van der Waals surface area contributed by atoms with Crippen LogP contribution in [0, 0.1) is 0 Å². The van der Waals surface area contributed by atoms with Gasteiger partial charge in [0, 0.05) is 47.7 Å². The average molecular weight is 503 g/mol. The number of amides is 2. The number of benzene rings is 2. The maximum absolute atomic E-state index is 12.2. The van der Waals surface area contributed by atoms with E-state index in [0.717, 1.165) is 11.6 Å². The molecule has 0 bridgehead atoms. The number of fused-ring (bicyclic) bond motifs is 1. The van der Waals surface area contributed by atoms with Crippen LogP contribution in [-0.4, -0.2) is 33.3 Å². The highest BCUT2D eigenvalue weighted by molar-refractivity contribution is 6.32. The van der Waals surface area contributed by atoms with Crippen molar-refractivity contribution in [2.45, 2.75) is 13.0 Å². The van der Waals surface area contributed by atoms with E-state index in [1.807, 2.05) is 18.2 Å². The van der Waals surface area contributed by atoms with Crippen LogP contribution in [0.25, 0.3) is 10.9 Å². The lowest BCUT2D eigenvalue weighted by Crippen LogP contribution is -2.25. The van der Waals surface area contributed by atoms with Crippen molar-refractivity contribution in [3.05, 3.63) is 90.5 Å². The van der Waals surface area contributed by atoms with E-state index in [1.165, 1.54) is 6.33 Å². The first-order valence-corrected chi connectivity index (χ1v) is 11.4. The Morgan fingerprint density at radius 1 is 1.08 bits per heavy atom. The van der Waals surface area contributed by atoms with Crippen LogP contribution in [0.3, 0.4) is 0 Å².